The Hall–Kier alpha value is -1.92. The van der Waals surface area contributed by atoms with Crippen LogP contribution in [0, 0.1) is 0 Å². The van der Waals surface area contributed by atoms with Crippen molar-refractivity contribution in [3.63, 3.8) is 0 Å². The van der Waals surface area contributed by atoms with Gasteiger partial charge in [-0.3, -0.25) is 4.79 Å². The molecule has 1 aliphatic heterocycles. The Balaban J connectivity index is 1.66. The quantitative estimate of drug-likeness (QED) is 0.784. The first-order chi connectivity index (χ1) is 10.6. The summed E-state index contributed by atoms with van der Waals surface area (Å²) in [6, 6.07) is 7.69. The predicted molar refractivity (Wildman–Crippen MR) is 82.3 cm³/mol. The van der Waals surface area contributed by atoms with Crippen LogP contribution in [0.3, 0.4) is 0 Å². The number of benzene rings is 1. The topological polar surface area (TPSA) is 89.5 Å². The second-order valence-electron chi connectivity index (χ2n) is 5.99. The predicted octanol–water partition coefficient (Wildman–Crippen LogP) is 0.841. The number of amides is 1. The molecular formula is C16H21N3O3. The standard InChI is InChI=1S/C16H21N3O3/c20-11-16(22)6-3-8-19(9-7-16)15(21)10-14-17-12-4-1-2-5-13(12)18-14/h1-2,4-5,20,22H,3,6-11H2,(H,17,18)/t16-/m1/s1. The Morgan fingerprint density at radius 1 is 1.32 bits per heavy atom. The number of aromatic nitrogens is 2. The zero-order valence-corrected chi connectivity index (χ0v) is 12.5. The van der Waals surface area contributed by atoms with E-state index < -0.39 is 5.60 Å². The third-order valence-electron chi connectivity index (χ3n) is 4.32. The van der Waals surface area contributed by atoms with Crippen LogP contribution in [0.5, 0.6) is 0 Å². The Morgan fingerprint density at radius 3 is 2.91 bits per heavy atom. The Morgan fingerprint density at radius 2 is 2.14 bits per heavy atom. The maximum absolute atomic E-state index is 12.4. The van der Waals surface area contributed by atoms with Crippen LogP contribution in [-0.2, 0) is 11.2 Å². The lowest BCUT2D eigenvalue weighted by atomic mass is 9.96. The Bertz CT molecular complexity index is 636. The summed E-state index contributed by atoms with van der Waals surface area (Å²) >= 11 is 0. The summed E-state index contributed by atoms with van der Waals surface area (Å²) in [6.07, 6.45) is 1.86. The molecule has 0 unspecified atom stereocenters. The smallest absolute Gasteiger partial charge is 0.230 e. The molecule has 0 saturated carbocycles. The monoisotopic (exact) mass is 303 g/mol. The summed E-state index contributed by atoms with van der Waals surface area (Å²) in [5.41, 5.74) is 0.737. The maximum atomic E-state index is 12.4. The minimum Gasteiger partial charge on any atom is -0.393 e. The van der Waals surface area contributed by atoms with E-state index in [9.17, 15) is 15.0 Å². The molecule has 1 amide bonds. The van der Waals surface area contributed by atoms with E-state index in [1.165, 1.54) is 0 Å². The van der Waals surface area contributed by atoms with Crippen molar-refractivity contribution < 1.29 is 15.0 Å². The molecule has 1 fully saturated rings. The zero-order chi connectivity index (χ0) is 15.6. The molecule has 1 aromatic heterocycles. The molecule has 22 heavy (non-hydrogen) atoms. The summed E-state index contributed by atoms with van der Waals surface area (Å²) in [5.74, 6) is 0.661. The van der Waals surface area contributed by atoms with Crippen molar-refractivity contribution >= 4 is 16.9 Å². The van der Waals surface area contributed by atoms with Gasteiger partial charge in [-0.2, -0.15) is 0 Å². The number of hydrogen-bond donors (Lipinski definition) is 3. The molecule has 1 atom stereocenters. The van der Waals surface area contributed by atoms with Gasteiger partial charge in [0.1, 0.15) is 5.82 Å². The van der Waals surface area contributed by atoms with Crippen molar-refractivity contribution in [2.24, 2.45) is 0 Å². The number of imidazole rings is 1. The first kappa shape index (κ1) is 15.0. The fourth-order valence-electron chi connectivity index (χ4n) is 2.93. The number of aromatic amines is 1. The summed E-state index contributed by atoms with van der Waals surface area (Å²) in [5, 5.41) is 19.4. The lowest BCUT2D eigenvalue weighted by Crippen LogP contribution is -2.37. The second-order valence-corrected chi connectivity index (χ2v) is 5.99. The highest BCUT2D eigenvalue weighted by molar-refractivity contribution is 5.80. The number of rotatable bonds is 3. The van der Waals surface area contributed by atoms with E-state index in [0.717, 1.165) is 11.0 Å². The number of nitrogens with one attached hydrogen (secondary N) is 1. The van der Waals surface area contributed by atoms with Crippen molar-refractivity contribution in [3.05, 3.63) is 30.1 Å². The number of para-hydroxylation sites is 2. The normalized spacial score (nSPS) is 22.7. The number of hydrogen-bond acceptors (Lipinski definition) is 4. The van der Waals surface area contributed by atoms with Gasteiger partial charge < -0.3 is 20.1 Å². The first-order valence-electron chi connectivity index (χ1n) is 7.64. The molecule has 6 nitrogen and oxygen atoms in total. The van der Waals surface area contributed by atoms with E-state index in [0.29, 0.717) is 38.2 Å². The number of carbonyl (C=O) groups is 1. The highest BCUT2D eigenvalue weighted by Crippen LogP contribution is 2.22. The molecule has 2 aromatic rings. The number of aliphatic hydroxyl groups excluding tert-OH is 1. The molecule has 0 radical (unpaired) electrons. The van der Waals surface area contributed by atoms with Crippen LogP contribution >= 0.6 is 0 Å². The average molecular weight is 303 g/mol. The van der Waals surface area contributed by atoms with Gasteiger partial charge in [0, 0.05) is 13.1 Å². The lowest BCUT2D eigenvalue weighted by molar-refractivity contribution is -0.130. The fourth-order valence-corrected chi connectivity index (χ4v) is 2.93. The Kier molecular flexibility index (Phi) is 4.13. The maximum Gasteiger partial charge on any atom is 0.230 e. The molecule has 0 aliphatic carbocycles. The van der Waals surface area contributed by atoms with Gasteiger partial charge in [0.2, 0.25) is 5.91 Å². The molecule has 3 N–H and O–H groups in total. The Labute approximate surface area is 128 Å². The van der Waals surface area contributed by atoms with Crippen LogP contribution in [0.2, 0.25) is 0 Å². The summed E-state index contributed by atoms with van der Waals surface area (Å²) in [6.45, 7) is 0.829. The molecule has 118 valence electrons. The van der Waals surface area contributed by atoms with Crippen molar-refractivity contribution in [3.8, 4) is 0 Å². The molecule has 0 spiro atoms. The van der Waals surface area contributed by atoms with Gasteiger partial charge in [-0.15, -0.1) is 0 Å². The lowest BCUT2D eigenvalue weighted by Gasteiger charge is -2.24. The SMILES string of the molecule is O=C(Cc1nc2ccccc2[nH]1)N1CCC[C@](O)(CO)CC1. The van der Waals surface area contributed by atoms with Crippen molar-refractivity contribution in [1.82, 2.24) is 14.9 Å². The van der Waals surface area contributed by atoms with Crippen LogP contribution < -0.4 is 0 Å². The molecule has 0 bridgehead atoms. The van der Waals surface area contributed by atoms with Crippen molar-refractivity contribution in [2.45, 2.75) is 31.3 Å². The van der Waals surface area contributed by atoms with Crippen molar-refractivity contribution in [1.29, 1.82) is 0 Å². The number of nitrogens with zero attached hydrogens (tertiary/aromatic N) is 2. The van der Waals surface area contributed by atoms with E-state index in [1.54, 1.807) is 4.90 Å². The van der Waals surface area contributed by atoms with E-state index in [1.807, 2.05) is 24.3 Å². The van der Waals surface area contributed by atoms with E-state index in [-0.39, 0.29) is 18.9 Å². The highest BCUT2D eigenvalue weighted by Gasteiger charge is 2.30. The number of aliphatic hydroxyl groups is 2. The molecule has 1 saturated heterocycles. The first-order valence-corrected chi connectivity index (χ1v) is 7.64. The molecular weight excluding hydrogens is 282 g/mol. The summed E-state index contributed by atoms with van der Waals surface area (Å²) in [7, 11) is 0. The van der Waals surface area contributed by atoms with E-state index in [2.05, 4.69) is 9.97 Å². The number of fused-ring (bicyclic) bond motifs is 1. The van der Waals surface area contributed by atoms with Crippen LogP contribution in [0.4, 0.5) is 0 Å². The largest absolute Gasteiger partial charge is 0.393 e. The molecule has 3 rings (SSSR count). The second kappa shape index (κ2) is 6.06. The van der Waals surface area contributed by atoms with Gasteiger partial charge in [-0.05, 0) is 31.4 Å². The molecule has 1 aromatic carbocycles. The summed E-state index contributed by atoms with van der Waals surface area (Å²) in [4.78, 5) is 21.8. The number of H-pyrrole nitrogens is 1. The molecule has 2 heterocycles. The minimum atomic E-state index is -1.05. The van der Waals surface area contributed by atoms with E-state index in [4.69, 9.17) is 0 Å². The molecule has 6 heteroatoms. The number of likely N-dealkylation sites (tertiary alicyclic amines) is 1. The zero-order valence-electron chi connectivity index (χ0n) is 12.5. The van der Waals surface area contributed by atoms with Crippen molar-refractivity contribution in [2.75, 3.05) is 19.7 Å². The van der Waals surface area contributed by atoms with Crippen LogP contribution in [-0.4, -0.2) is 56.3 Å². The van der Waals surface area contributed by atoms with Gasteiger partial charge in [-0.1, -0.05) is 12.1 Å². The van der Waals surface area contributed by atoms with Crippen LogP contribution in [0.25, 0.3) is 11.0 Å². The summed E-state index contributed by atoms with van der Waals surface area (Å²) < 4.78 is 0. The van der Waals surface area contributed by atoms with Gasteiger partial charge in [-0.25, -0.2) is 4.98 Å². The van der Waals surface area contributed by atoms with Crippen LogP contribution in [0.15, 0.2) is 24.3 Å². The van der Waals surface area contributed by atoms with E-state index >= 15 is 0 Å². The molecule has 1 aliphatic rings. The van der Waals surface area contributed by atoms with Crippen LogP contribution in [0.1, 0.15) is 25.1 Å². The minimum absolute atomic E-state index is 0.00115. The average Bonchev–Trinajstić information content (AvgIpc) is 2.81. The highest BCUT2D eigenvalue weighted by atomic mass is 16.3. The van der Waals surface area contributed by atoms with Gasteiger partial charge in [0.15, 0.2) is 0 Å². The third kappa shape index (κ3) is 3.13. The van der Waals surface area contributed by atoms with Gasteiger partial charge in [0.05, 0.1) is 29.7 Å². The fraction of sp³-hybridized carbons (Fsp3) is 0.500. The number of carbonyl (C=O) groups excluding carboxylic acids is 1. The third-order valence-corrected chi connectivity index (χ3v) is 4.32. The van der Waals surface area contributed by atoms with Gasteiger partial charge >= 0.3 is 0 Å². The van der Waals surface area contributed by atoms with Gasteiger partial charge in [0.25, 0.3) is 0 Å².